The van der Waals surface area contributed by atoms with E-state index >= 15 is 0 Å². The topological polar surface area (TPSA) is 28.2 Å². The fraction of sp³-hybridized carbons (Fsp3) is 0.500. The quantitative estimate of drug-likeness (QED) is 0.663. The third kappa shape index (κ3) is 1.08. The molecule has 3 heterocycles. The molecular formula is C10H12ClN3. The van der Waals surface area contributed by atoms with Crippen molar-refractivity contribution in [3.8, 4) is 0 Å². The van der Waals surface area contributed by atoms with E-state index in [-0.39, 0.29) is 0 Å². The minimum atomic E-state index is 0.536. The number of nitrogens with one attached hydrogen (secondary N) is 1. The minimum absolute atomic E-state index is 0.536. The Labute approximate surface area is 88.1 Å². The number of hydrogen-bond donors (Lipinski definition) is 1. The molecule has 2 aliphatic heterocycles. The van der Waals surface area contributed by atoms with Gasteiger partial charge in [-0.2, -0.15) is 0 Å². The molecule has 4 heteroatoms. The highest BCUT2D eigenvalue weighted by Gasteiger charge is 2.35. The first-order chi connectivity index (χ1) is 6.74. The number of anilines is 2. The molecule has 1 saturated heterocycles. The zero-order chi connectivity index (χ0) is 9.71. The molecule has 1 aromatic rings. The van der Waals surface area contributed by atoms with Gasteiger partial charge in [0.1, 0.15) is 5.15 Å². The van der Waals surface area contributed by atoms with E-state index in [0.29, 0.717) is 17.1 Å². The SMILES string of the molecule is C[C@@H]1CN2C[C@H]1Nc1nc(Cl)ccc12. The molecule has 1 fully saturated rings. The van der Waals surface area contributed by atoms with Crippen LogP contribution in [0.3, 0.4) is 0 Å². The average molecular weight is 210 g/mol. The molecular weight excluding hydrogens is 198 g/mol. The van der Waals surface area contributed by atoms with Crippen molar-refractivity contribution in [1.29, 1.82) is 0 Å². The number of aromatic nitrogens is 1. The lowest BCUT2D eigenvalue weighted by atomic mass is 10.1. The lowest BCUT2D eigenvalue weighted by molar-refractivity contribution is 0.598. The lowest BCUT2D eigenvalue weighted by Crippen LogP contribution is -2.33. The summed E-state index contributed by atoms with van der Waals surface area (Å²) in [6.07, 6.45) is 0. The van der Waals surface area contributed by atoms with E-state index in [9.17, 15) is 0 Å². The van der Waals surface area contributed by atoms with Crippen LogP contribution < -0.4 is 10.2 Å². The van der Waals surface area contributed by atoms with Crippen LogP contribution in [0, 0.1) is 5.92 Å². The van der Waals surface area contributed by atoms with Gasteiger partial charge >= 0.3 is 0 Å². The fourth-order valence-corrected chi connectivity index (χ4v) is 2.46. The molecule has 0 aromatic carbocycles. The number of halogens is 1. The zero-order valence-electron chi connectivity index (χ0n) is 8.00. The Kier molecular flexibility index (Phi) is 1.65. The van der Waals surface area contributed by atoms with Crippen LogP contribution in [0.2, 0.25) is 5.15 Å². The van der Waals surface area contributed by atoms with Gasteiger partial charge in [-0.15, -0.1) is 0 Å². The third-order valence-electron chi connectivity index (χ3n) is 3.12. The summed E-state index contributed by atoms with van der Waals surface area (Å²) in [4.78, 5) is 6.68. The van der Waals surface area contributed by atoms with Crippen LogP contribution in [0.1, 0.15) is 6.92 Å². The van der Waals surface area contributed by atoms with Crippen molar-refractivity contribution in [1.82, 2.24) is 4.98 Å². The Morgan fingerprint density at radius 3 is 3.21 bits per heavy atom. The van der Waals surface area contributed by atoms with Crippen LogP contribution in [0.5, 0.6) is 0 Å². The number of fused-ring (bicyclic) bond motifs is 4. The van der Waals surface area contributed by atoms with E-state index in [1.807, 2.05) is 12.1 Å². The molecule has 0 aliphatic carbocycles. The monoisotopic (exact) mass is 209 g/mol. The van der Waals surface area contributed by atoms with E-state index in [0.717, 1.165) is 18.9 Å². The molecule has 0 amide bonds. The number of rotatable bonds is 0. The molecule has 1 N–H and O–H groups in total. The first-order valence-corrected chi connectivity index (χ1v) is 5.30. The first kappa shape index (κ1) is 8.36. The van der Waals surface area contributed by atoms with E-state index in [1.54, 1.807) is 0 Å². The minimum Gasteiger partial charge on any atom is -0.366 e. The fourth-order valence-electron chi connectivity index (χ4n) is 2.32. The Balaban J connectivity index is 2.07. The van der Waals surface area contributed by atoms with Crippen LogP contribution in [0.25, 0.3) is 0 Å². The summed E-state index contributed by atoms with van der Waals surface area (Å²) in [7, 11) is 0. The van der Waals surface area contributed by atoms with Gasteiger partial charge in [0.25, 0.3) is 0 Å². The lowest BCUT2D eigenvalue weighted by Gasteiger charge is -2.27. The second-order valence-corrected chi connectivity index (χ2v) is 4.52. The van der Waals surface area contributed by atoms with Gasteiger partial charge in [0.05, 0.1) is 5.69 Å². The second kappa shape index (κ2) is 2.76. The highest BCUT2D eigenvalue weighted by molar-refractivity contribution is 6.29. The van der Waals surface area contributed by atoms with Crippen LogP contribution in [0.4, 0.5) is 11.5 Å². The van der Waals surface area contributed by atoms with Crippen LogP contribution >= 0.6 is 11.6 Å². The summed E-state index contributed by atoms with van der Waals surface area (Å²) in [6, 6.07) is 4.44. The third-order valence-corrected chi connectivity index (χ3v) is 3.33. The Bertz CT molecular complexity index is 378. The molecule has 2 bridgehead atoms. The summed E-state index contributed by atoms with van der Waals surface area (Å²) in [6.45, 7) is 4.48. The predicted molar refractivity (Wildman–Crippen MR) is 58.0 cm³/mol. The van der Waals surface area contributed by atoms with Gasteiger partial charge in [-0.05, 0) is 18.1 Å². The Morgan fingerprint density at radius 2 is 2.36 bits per heavy atom. The standard InChI is InChI=1S/C10H12ClN3/c1-6-4-14-5-7(6)12-10-8(14)2-3-9(11)13-10/h2-3,6-7H,4-5H2,1H3,(H,12,13)/t6-,7-/m1/s1. The molecule has 14 heavy (non-hydrogen) atoms. The number of nitrogens with zero attached hydrogens (tertiary/aromatic N) is 2. The Hall–Kier alpha value is -0.960. The molecule has 0 unspecified atom stereocenters. The van der Waals surface area contributed by atoms with E-state index in [1.165, 1.54) is 5.69 Å². The Morgan fingerprint density at radius 1 is 1.50 bits per heavy atom. The molecule has 3 nitrogen and oxygen atoms in total. The van der Waals surface area contributed by atoms with Crippen molar-refractivity contribution in [2.75, 3.05) is 23.3 Å². The summed E-state index contributed by atoms with van der Waals surface area (Å²) in [5.74, 6) is 1.63. The van der Waals surface area contributed by atoms with Crippen molar-refractivity contribution in [3.63, 3.8) is 0 Å². The van der Waals surface area contributed by atoms with Gasteiger partial charge < -0.3 is 10.2 Å². The smallest absolute Gasteiger partial charge is 0.151 e. The summed E-state index contributed by atoms with van der Waals surface area (Å²) >= 11 is 5.86. The van der Waals surface area contributed by atoms with Crippen molar-refractivity contribution < 1.29 is 0 Å². The number of hydrogen-bond acceptors (Lipinski definition) is 3. The van der Waals surface area contributed by atoms with Gasteiger partial charge in [0.2, 0.25) is 0 Å². The molecule has 0 radical (unpaired) electrons. The first-order valence-electron chi connectivity index (χ1n) is 4.92. The van der Waals surface area contributed by atoms with Crippen molar-refractivity contribution in [2.45, 2.75) is 13.0 Å². The normalized spacial score (nSPS) is 28.6. The highest BCUT2D eigenvalue weighted by atomic mass is 35.5. The number of pyridine rings is 1. The highest BCUT2D eigenvalue weighted by Crippen LogP contribution is 2.36. The molecule has 2 aliphatic rings. The van der Waals surface area contributed by atoms with Crippen molar-refractivity contribution in [2.24, 2.45) is 5.92 Å². The average Bonchev–Trinajstić information content (AvgIpc) is 2.43. The second-order valence-electron chi connectivity index (χ2n) is 4.13. The van der Waals surface area contributed by atoms with E-state index < -0.39 is 0 Å². The zero-order valence-corrected chi connectivity index (χ0v) is 8.75. The van der Waals surface area contributed by atoms with Crippen molar-refractivity contribution >= 4 is 23.1 Å². The summed E-state index contributed by atoms with van der Waals surface area (Å²) in [5, 5.41) is 4.00. The van der Waals surface area contributed by atoms with E-state index in [4.69, 9.17) is 11.6 Å². The van der Waals surface area contributed by atoms with Gasteiger partial charge in [-0.3, -0.25) is 0 Å². The summed E-state index contributed by atoms with van der Waals surface area (Å²) < 4.78 is 0. The van der Waals surface area contributed by atoms with Gasteiger partial charge in [0, 0.05) is 19.1 Å². The van der Waals surface area contributed by atoms with Gasteiger partial charge in [-0.25, -0.2) is 4.98 Å². The molecule has 0 saturated carbocycles. The molecule has 0 spiro atoms. The molecule has 3 rings (SSSR count). The maximum atomic E-state index is 5.86. The molecule has 1 aromatic heterocycles. The molecule has 74 valence electrons. The maximum Gasteiger partial charge on any atom is 0.151 e. The summed E-state index contributed by atoms with van der Waals surface area (Å²) in [5.41, 5.74) is 1.19. The van der Waals surface area contributed by atoms with Gasteiger partial charge in [-0.1, -0.05) is 18.5 Å². The molecule has 2 atom stereocenters. The maximum absolute atomic E-state index is 5.86. The van der Waals surface area contributed by atoms with Crippen LogP contribution in [-0.4, -0.2) is 24.1 Å². The predicted octanol–water partition coefficient (Wildman–Crippen LogP) is 1.99. The van der Waals surface area contributed by atoms with Crippen LogP contribution in [-0.2, 0) is 0 Å². The van der Waals surface area contributed by atoms with Crippen LogP contribution in [0.15, 0.2) is 12.1 Å². The van der Waals surface area contributed by atoms with Crippen molar-refractivity contribution in [3.05, 3.63) is 17.3 Å². The van der Waals surface area contributed by atoms with E-state index in [2.05, 4.69) is 22.1 Å². The van der Waals surface area contributed by atoms with Gasteiger partial charge in [0.15, 0.2) is 5.82 Å². The largest absolute Gasteiger partial charge is 0.366 e.